The van der Waals surface area contributed by atoms with Gasteiger partial charge in [0.1, 0.15) is 73.2 Å². The number of hydrogen-bond acceptors (Lipinski definition) is 18. The third-order valence-corrected chi connectivity index (χ3v) is 16.3. The molecule has 3 rings (SSSR count). The summed E-state index contributed by atoms with van der Waals surface area (Å²) in [5, 5.41) is 120. The molecule has 520 valence electrons. The van der Waals surface area contributed by atoms with Crippen LogP contribution in [0.5, 0.6) is 0 Å². The van der Waals surface area contributed by atoms with E-state index >= 15 is 0 Å². The Bertz CT molecular complexity index is 2120. The molecule has 1 amide bonds. The lowest BCUT2D eigenvalue weighted by molar-refractivity contribution is -0.379. The molecule has 3 aliphatic rings. The second kappa shape index (κ2) is 52.5. The molecule has 19 heteroatoms. The lowest BCUT2D eigenvalue weighted by Crippen LogP contribution is -2.66. The maximum atomic E-state index is 13.3. The highest BCUT2D eigenvalue weighted by atomic mass is 16.8. The fraction of sp³-hybridized carbons (Fsp3) is 0.708. The average molecular weight is 1290 g/mol. The minimum atomic E-state index is -1.98. The van der Waals surface area contributed by atoms with Crippen LogP contribution in [0.25, 0.3) is 0 Å². The van der Waals surface area contributed by atoms with Crippen LogP contribution in [0.1, 0.15) is 194 Å². The summed E-state index contributed by atoms with van der Waals surface area (Å²) in [5.41, 5.74) is 0. The summed E-state index contributed by atoms with van der Waals surface area (Å²) in [7, 11) is 0. The number of aliphatic hydroxyl groups excluding tert-OH is 11. The Morgan fingerprint density at radius 1 is 0.407 bits per heavy atom. The molecule has 0 aromatic heterocycles. The van der Waals surface area contributed by atoms with Gasteiger partial charge in [0, 0.05) is 6.42 Å². The number of aliphatic hydroxyl groups is 11. The number of rotatable bonds is 50. The number of allylic oxidation sites excluding steroid dienone is 20. The van der Waals surface area contributed by atoms with Gasteiger partial charge in [-0.3, -0.25) is 4.79 Å². The number of carbonyl (C=O) groups is 1. The minimum Gasteiger partial charge on any atom is -0.394 e. The van der Waals surface area contributed by atoms with Crippen LogP contribution in [-0.2, 0) is 33.2 Å². The van der Waals surface area contributed by atoms with Crippen molar-refractivity contribution in [3.63, 3.8) is 0 Å². The van der Waals surface area contributed by atoms with E-state index in [1.54, 1.807) is 0 Å². The lowest BCUT2D eigenvalue weighted by Gasteiger charge is -2.48. The van der Waals surface area contributed by atoms with Gasteiger partial charge in [0.05, 0.1) is 38.6 Å². The highest BCUT2D eigenvalue weighted by molar-refractivity contribution is 5.76. The fourth-order valence-electron chi connectivity index (χ4n) is 10.8. The minimum absolute atomic E-state index is 0.252. The summed E-state index contributed by atoms with van der Waals surface area (Å²) in [5.74, 6) is -0.261. The van der Waals surface area contributed by atoms with Gasteiger partial charge in [0.2, 0.25) is 5.91 Å². The molecule has 0 radical (unpaired) electrons. The molecule has 0 saturated carbocycles. The topological polar surface area (TPSA) is 307 Å². The molecule has 17 unspecified atom stereocenters. The molecular weight excluding hydrogens is 1170 g/mol. The molecule has 0 aromatic carbocycles. The van der Waals surface area contributed by atoms with E-state index < -0.39 is 124 Å². The Morgan fingerprint density at radius 3 is 1.19 bits per heavy atom. The third kappa shape index (κ3) is 34.4. The molecule has 3 fully saturated rings. The van der Waals surface area contributed by atoms with Crippen LogP contribution in [0.4, 0.5) is 0 Å². The molecular formula is C72H119NO18. The predicted octanol–water partition coefficient (Wildman–Crippen LogP) is 8.82. The average Bonchev–Trinajstić information content (AvgIpc) is 0.864. The van der Waals surface area contributed by atoms with Crippen LogP contribution in [0, 0.1) is 0 Å². The van der Waals surface area contributed by atoms with Crippen molar-refractivity contribution in [2.75, 3.05) is 26.4 Å². The first-order valence-electron chi connectivity index (χ1n) is 34.3. The van der Waals surface area contributed by atoms with Crippen LogP contribution in [0.2, 0.25) is 0 Å². The molecule has 3 heterocycles. The zero-order valence-corrected chi connectivity index (χ0v) is 54.8. The molecule has 91 heavy (non-hydrogen) atoms. The summed E-state index contributed by atoms with van der Waals surface area (Å²) in [4.78, 5) is 13.3. The van der Waals surface area contributed by atoms with Crippen molar-refractivity contribution < 1.29 is 89.4 Å². The van der Waals surface area contributed by atoms with E-state index in [4.69, 9.17) is 28.4 Å². The fourth-order valence-corrected chi connectivity index (χ4v) is 10.8. The summed E-state index contributed by atoms with van der Waals surface area (Å²) in [6.07, 6.45) is 45.3. The van der Waals surface area contributed by atoms with E-state index in [1.165, 1.54) is 32.1 Å². The van der Waals surface area contributed by atoms with Crippen LogP contribution < -0.4 is 5.32 Å². The molecule has 17 atom stereocenters. The maximum Gasteiger partial charge on any atom is 0.220 e. The van der Waals surface area contributed by atoms with Crippen LogP contribution in [0.15, 0.2) is 122 Å². The van der Waals surface area contributed by atoms with Crippen molar-refractivity contribution in [1.82, 2.24) is 5.32 Å². The molecule has 3 saturated heterocycles. The van der Waals surface area contributed by atoms with Crippen molar-refractivity contribution in [2.45, 2.75) is 298 Å². The Hall–Kier alpha value is -3.81. The molecule has 19 nitrogen and oxygen atoms in total. The van der Waals surface area contributed by atoms with Gasteiger partial charge in [-0.15, -0.1) is 0 Å². The molecule has 12 N–H and O–H groups in total. The first-order valence-corrected chi connectivity index (χ1v) is 34.3. The summed E-state index contributed by atoms with van der Waals surface area (Å²) in [6, 6.07) is -0.893. The molecule has 0 aliphatic carbocycles. The van der Waals surface area contributed by atoms with Crippen molar-refractivity contribution >= 4 is 5.91 Å². The number of hydrogen-bond donors (Lipinski definition) is 12. The highest BCUT2D eigenvalue weighted by Crippen LogP contribution is 2.33. The van der Waals surface area contributed by atoms with Crippen molar-refractivity contribution in [3.05, 3.63) is 122 Å². The summed E-state index contributed by atoms with van der Waals surface area (Å²) in [6.45, 7) is 1.54. The van der Waals surface area contributed by atoms with E-state index in [0.717, 1.165) is 122 Å². The SMILES string of the molecule is CC/C=C\C/C=C\C/C=C\C/C=C\C/C=C\C/C=C\C/C=C\C/C=C\C/C=C\C/C=C\CCCCCCCCCCCCC(=O)NC(COC1OC(CO)C(OC2OC(CO)C(OC3OC(CO)C(O)C(O)C3O)C(O)C2O)C(O)C1O)C(O)CCCCCCC. The Labute approximate surface area is 544 Å². The first-order chi connectivity index (χ1) is 44.3. The van der Waals surface area contributed by atoms with Crippen LogP contribution in [-0.4, -0.2) is 193 Å². The van der Waals surface area contributed by atoms with E-state index in [2.05, 4.69) is 141 Å². The number of carbonyl (C=O) groups excluding carboxylic acids is 1. The summed E-state index contributed by atoms with van der Waals surface area (Å²) < 4.78 is 34.2. The van der Waals surface area contributed by atoms with E-state index in [-0.39, 0.29) is 18.9 Å². The van der Waals surface area contributed by atoms with Gasteiger partial charge < -0.3 is 89.9 Å². The van der Waals surface area contributed by atoms with Gasteiger partial charge in [0.25, 0.3) is 0 Å². The van der Waals surface area contributed by atoms with Gasteiger partial charge in [0.15, 0.2) is 18.9 Å². The van der Waals surface area contributed by atoms with Crippen molar-refractivity contribution in [1.29, 1.82) is 0 Å². The normalized spacial score (nSPS) is 28.6. The largest absolute Gasteiger partial charge is 0.394 e. The molecule has 3 aliphatic heterocycles. The lowest BCUT2D eigenvalue weighted by atomic mass is 9.96. The van der Waals surface area contributed by atoms with Gasteiger partial charge >= 0.3 is 0 Å². The molecule has 0 bridgehead atoms. The van der Waals surface area contributed by atoms with Gasteiger partial charge in [-0.05, 0) is 89.9 Å². The van der Waals surface area contributed by atoms with E-state index in [9.17, 15) is 61.0 Å². The summed E-state index contributed by atoms with van der Waals surface area (Å²) >= 11 is 0. The van der Waals surface area contributed by atoms with Gasteiger partial charge in [-0.2, -0.15) is 0 Å². The van der Waals surface area contributed by atoms with Gasteiger partial charge in [-0.25, -0.2) is 0 Å². The van der Waals surface area contributed by atoms with E-state index in [0.29, 0.717) is 19.3 Å². The number of nitrogens with one attached hydrogen (secondary N) is 1. The van der Waals surface area contributed by atoms with Crippen molar-refractivity contribution in [2.24, 2.45) is 0 Å². The second-order valence-electron chi connectivity index (χ2n) is 23.9. The predicted molar refractivity (Wildman–Crippen MR) is 355 cm³/mol. The van der Waals surface area contributed by atoms with Crippen LogP contribution >= 0.6 is 0 Å². The Balaban J connectivity index is 1.25. The third-order valence-electron chi connectivity index (χ3n) is 16.3. The van der Waals surface area contributed by atoms with Gasteiger partial charge in [-0.1, -0.05) is 219 Å². The second-order valence-corrected chi connectivity index (χ2v) is 23.9. The zero-order chi connectivity index (χ0) is 66.1. The smallest absolute Gasteiger partial charge is 0.220 e. The Morgan fingerprint density at radius 2 is 0.758 bits per heavy atom. The highest BCUT2D eigenvalue weighted by Gasteiger charge is 2.53. The number of ether oxygens (including phenoxy) is 6. The number of unbranched alkanes of at least 4 members (excludes halogenated alkanes) is 14. The Kier molecular flexibility index (Phi) is 46.9. The maximum absolute atomic E-state index is 13.3. The quantitative estimate of drug-likeness (QED) is 0.0200. The standard InChI is InChI=1S/C72H119NO18/c1-3-5-7-9-10-11-12-13-14-15-16-17-18-19-20-21-22-23-24-25-26-27-28-29-30-31-32-33-34-35-36-37-38-39-40-41-42-43-44-46-48-50-60(78)73-55(56(77)49-47-45-8-6-4-2)54-86-70-66(84)63(81)68(58(52-75)88-70)91-72-67(85)64(82)69(59(53-76)89-72)90-71-65(83)62(80)61(79)57(51-74)87-71/h5,7,10-11,13-14,16-17,19-20,22-23,25-26,28-29,31-32,34-35,55-59,61-72,74-77,79-85H,3-4,6,8-9,12,15,18,21,24,27,30,33,36-54H2,1-2H3,(H,73,78)/b7-5-,11-10-,14-13-,17-16-,20-19-,23-22-,26-25-,29-28-,32-31-,35-34-. The zero-order valence-electron chi connectivity index (χ0n) is 54.8. The van der Waals surface area contributed by atoms with E-state index in [1.807, 2.05) is 0 Å². The molecule has 0 aromatic rings. The van der Waals surface area contributed by atoms with Crippen LogP contribution in [0.3, 0.4) is 0 Å². The monoisotopic (exact) mass is 1290 g/mol. The van der Waals surface area contributed by atoms with Crippen molar-refractivity contribution in [3.8, 4) is 0 Å². The first kappa shape index (κ1) is 81.4. The molecule has 0 spiro atoms. The number of amides is 1.